The molecule has 1 saturated heterocycles. The molecule has 1 aliphatic heterocycles. The molecular weight excluding hydrogens is 144 g/mol. The third-order valence-electron chi connectivity index (χ3n) is 1.74. The smallest absolute Gasteiger partial charge is 0.313 e. The van der Waals surface area contributed by atoms with Crippen molar-refractivity contribution < 1.29 is 9.59 Å². The Labute approximate surface area is 65.6 Å². The average Bonchev–Trinajstić information content (AvgIpc) is 2.34. The summed E-state index contributed by atoms with van der Waals surface area (Å²) in [4.78, 5) is 22.3. The van der Waals surface area contributed by atoms with E-state index in [-0.39, 0.29) is 12.1 Å². The fourth-order valence-electron chi connectivity index (χ4n) is 1.26. The molecular formula is C7H11N2O2. The molecule has 0 aromatic rings. The van der Waals surface area contributed by atoms with Crippen LogP contribution in [0.4, 0.5) is 0 Å². The van der Waals surface area contributed by atoms with Gasteiger partial charge in [-0.1, -0.05) is 0 Å². The maximum absolute atomic E-state index is 10.6. The summed E-state index contributed by atoms with van der Waals surface area (Å²) in [5.41, 5.74) is 0. The number of hydrogen-bond acceptors (Lipinski definition) is 2. The molecule has 0 aliphatic carbocycles. The summed E-state index contributed by atoms with van der Waals surface area (Å²) in [5, 5.41) is 2.67. The van der Waals surface area contributed by atoms with Crippen molar-refractivity contribution in [1.82, 2.24) is 10.2 Å². The van der Waals surface area contributed by atoms with Crippen LogP contribution in [-0.4, -0.2) is 29.9 Å². The van der Waals surface area contributed by atoms with Crippen molar-refractivity contribution in [2.75, 3.05) is 6.54 Å². The fraction of sp³-hybridized carbons (Fsp3) is 0.714. The molecule has 0 aromatic heterocycles. The second-order valence-electron chi connectivity index (χ2n) is 2.64. The van der Waals surface area contributed by atoms with Gasteiger partial charge in [-0.25, -0.2) is 0 Å². The highest BCUT2D eigenvalue weighted by Gasteiger charge is 2.23. The Balaban J connectivity index is 2.43. The maximum Gasteiger partial charge on any atom is 0.313 e. The Hall–Kier alpha value is -1.06. The Bertz CT molecular complexity index is 170. The van der Waals surface area contributed by atoms with Crippen LogP contribution in [0.5, 0.6) is 0 Å². The molecule has 0 spiro atoms. The monoisotopic (exact) mass is 155 g/mol. The average molecular weight is 155 g/mol. The van der Waals surface area contributed by atoms with Crippen molar-refractivity contribution in [3.05, 3.63) is 0 Å². The van der Waals surface area contributed by atoms with Gasteiger partial charge in [0.05, 0.1) is 0 Å². The third-order valence-corrected chi connectivity index (χ3v) is 1.74. The minimum Gasteiger partial charge on any atom is -0.336 e. The Morgan fingerprint density at radius 3 is 3.00 bits per heavy atom. The lowest BCUT2D eigenvalue weighted by Gasteiger charge is -2.18. The van der Waals surface area contributed by atoms with E-state index in [4.69, 9.17) is 0 Å². The quantitative estimate of drug-likeness (QED) is 0.590. The number of likely N-dealkylation sites (tertiary alicyclic amines) is 1. The number of hydrogen-bond donors (Lipinski definition) is 1. The summed E-state index contributed by atoms with van der Waals surface area (Å²) in [6.07, 6.45) is 3.45. The van der Waals surface area contributed by atoms with E-state index in [1.807, 2.05) is 0 Å². The normalized spacial score (nSPS) is 23.4. The van der Waals surface area contributed by atoms with E-state index >= 15 is 0 Å². The van der Waals surface area contributed by atoms with Gasteiger partial charge in [0.15, 0.2) is 0 Å². The summed E-state index contributed by atoms with van der Waals surface area (Å²) in [6, 6.07) is 0. The van der Waals surface area contributed by atoms with E-state index in [1.54, 1.807) is 6.41 Å². The van der Waals surface area contributed by atoms with Gasteiger partial charge < -0.3 is 10.2 Å². The van der Waals surface area contributed by atoms with Crippen molar-refractivity contribution >= 4 is 12.3 Å². The second-order valence-corrected chi connectivity index (χ2v) is 2.64. The zero-order valence-electron chi connectivity index (χ0n) is 6.46. The molecule has 0 aromatic carbocycles. The molecule has 0 bridgehead atoms. The fourth-order valence-corrected chi connectivity index (χ4v) is 1.26. The van der Waals surface area contributed by atoms with Crippen LogP contribution in [0.15, 0.2) is 0 Å². The van der Waals surface area contributed by atoms with Crippen molar-refractivity contribution in [1.29, 1.82) is 0 Å². The highest BCUT2D eigenvalue weighted by molar-refractivity contribution is 5.73. The third kappa shape index (κ3) is 1.93. The molecule has 1 fully saturated rings. The van der Waals surface area contributed by atoms with Crippen molar-refractivity contribution in [2.24, 2.45) is 0 Å². The van der Waals surface area contributed by atoms with Crippen LogP contribution in [0, 0.1) is 0 Å². The van der Waals surface area contributed by atoms with Gasteiger partial charge in [-0.2, -0.15) is 0 Å². The lowest BCUT2D eigenvalue weighted by molar-refractivity contribution is -0.120. The Morgan fingerprint density at radius 2 is 2.45 bits per heavy atom. The molecule has 1 heterocycles. The van der Waals surface area contributed by atoms with Gasteiger partial charge in [0, 0.05) is 13.5 Å². The predicted octanol–water partition coefficient (Wildman–Crippen LogP) is -0.388. The molecule has 4 nitrogen and oxygen atoms in total. The first kappa shape index (κ1) is 8.04. The minimum absolute atomic E-state index is 0.0999. The molecule has 1 atom stereocenters. The molecule has 61 valence electrons. The first-order valence-electron chi connectivity index (χ1n) is 3.65. The van der Waals surface area contributed by atoms with Crippen LogP contribution < -0.4 is 5.32 Å². The van der Waals surface area contributed by atoms with Crippen LogP contribution in [0.1, 0.15) is 19.8 Å². The molecule has 1 N–H and O–H groups in total. The van der Waals surface area contributed by atoms with Gasteiger partial charge in [-0.15, -0.1) is 0 Å². The summed E-state index contributed by atoms with van der Waals surface area (Å²) in [5.74, 6) is -0.0999. The number of nitrogens with zero attached hydrogens (tertiary/aromatic N) is 1. The van der Waals surface area contributed by atoms with Gasteiger partial charge in [0.1, 0.15) is 6.17 Å². The molecule has 1 radical (unpaired) electrons. The molecule has 11 heavy (non-hydrogen) atoms. The summed E-state index contributed by atoms with van der Waals surface area (Å²) in [6.45, 7) is 2.15. The SMILES string of the molecule is CC(=O)NC1CCCN1[C]=O. The highest BCUT2D eigenvalue weighted by atomic mass is 16.2. The number of carbonyl (C=O) groups is 1. The predicted molar refractivity (Wildman–Crippen MR) is 39.2 cm³/mol. The molecule has 0 saturated carbocycles. The van der Waals surface area contributed by atoms with Crippen LogP contribution in [0.3, 0.4) is 0 Å². The largest absolute Gasteiger partial charge is 0.336 e. The van der Waals surface area contributed by atoms with Crippen LogP contribution in [0.25, 0.3) is 0 Å². The van der Waals surface area contributed by atoms with Crippen LogP contribution in [0.2, 0.25) is 0 Å². The molecule has 2 amide bonds. The number of rotatable bonds is 2. The van der Waals surface area contributed by atoms with Crippen LogP contribution in [-0.2, 0) is 9.59 Å². The van der Waals surface area contributed by atoms with Gasteiger partial charge >= 0.3 is 6.41 Å². The lowest BCUT2D eigenvalue weighted by atomic mass is 10.3. The summed E-state index contributed by atoms with van der Waals surface area (Å²) >= 11 is 0. The van der Waals surface area contributed by atoms with E-state index in [9.17, 15) is 9.59 Å². The molecule has 4 heteroatoms. The van der Waals surface area contributed by atoms with Gasteiger partial charge in [-0.3, -0.25) is 9.59 Å². The van der Waals surface area contributed by atoms with Crippen molar-refractivity contribution in [2.45, 2.75) is 25.9 Å². The summed E-state index contributed by atoms with van der Waals surface area (Å²) < 4.78 is 0. The Kier molecular flexibility index (Phi) is 2.46. The standard InChI is InChI=1S/C7H11N2O2/c1-6(11)8-7-3-2-4-9(7)5-10/h7H,2-4H2,1H3,(H,8,11). The summed E-state index contributed by atoms with van der Waals surface area (Å²) in [7, 11) is 0. The van der Waals surface area contributed by atoms with E-state index in [0.717, 1.165) is 12.8 Å². The van der Waals surface area contributed by atoms with E-state index in [1.165, 1.54) is 11.8 Å². The van der Waals surface area contributed by atoms with Crippen molar-refractivity contribution in [3.8, 4) is 0 Å². The van der Waals surface area contributed by atoms with E-state index < -0.39 is 0 Å². The first-order chi connectivity index (χ1) is 5.24. The van der Waals surface area contributed by atoms with Gasteiger partial charge in [0.2, 0.25) is 5.91 Å². The van der Waals surface area contributed by atoms with Crippen LogP contribution >= 0.6 is 0 Å². The highest BCUT2D eigenvalue weighted by Crippen LogP contribution is 2.11. The first-order valence-corrected chi connectivity index (χ1v) is 3.65. The zero-order valence-corrected chi connectivity index (χ0v) is 6.46. The number of carbonyl (C=O) groups excluding carboxylic acids is 2. The van der Waals surface area contributed by atoms with Crippen molar-refractivity contribution in [3.63, 3.8) is 0 Å². The van der Waals surface area contributed by atoms with E-state index in [0.29, 0.717) is 6.54 Å². The van der Waals surface area contributed by atoms with E-state index in [2.05, 4.69) is 5.32 Å². The topological polar surface area (TPSA) is 49.4 Å². The molecule has 1 unspecified atom stereocenters. The second kappa shape index (κ2) is 3.37. The van der Waals surface area contributed by atoms with Gasteiger partial charge in [0.25, 0.3) is 0 Å². The maximum atomic E-state index is 10.6. The zero-order chi connectivity index (χ0) is 8.27. The Morgan fingerprint density at radius 1 is 1.73 bits per heavy atom. The molecule has 1 aliphatic rings. The number of nitrogens with one attached hydrogen (secondary N) is 1. The molecule has 1 rings (SSSR count). The van der Waals surface area contributed by atoms with Gasteiger partial charge in [-0.05, 0) is 12.8 Å². The minimum atomic E-state index is -0.120. The number of amides is 2. The lowest BCUT2D eigenvalue weighted by Crippen LogP contribution is -2.42.